The van der Waals surface area contributed by atoms with Crippen LogP contribution in [-0.2, 0) is 11.2 Å². The minimum Gasteiger partial charge on any atom is -0.325 e. The highest BCUT2D eigenvalue weighted by molar-refractivity contribution is 5.94. The summed E-state index contributed by atoms with van der Waals surface area (Å²) >= 11 is 0. The summed E-state index contributed by atoms with van der Waals surface area (Å²) in [6.45, 7) is 1.84. The Bertz CT molecular complexity index is 644. The van der Waals surface area contributed by atoms with E-state index < -0.39 is 5.92 Å². The number of carbonyl (C=O) groups is 1. The van der Waals surface area contributed by atoms with Gasteiger partial charge in [-0.15, -0.1) is 0 Å². The van der Waals surface area contributed by atoms with Crippen LogP contribution in [0.25, 0.3) is 0 Å². The summed E-state index contributed by atoms with van der Waals surface area (Å²) < 4.78 is 0. The molecule has 1 amide bonds. The first-order valence-electron chi connectivity index (χ1n) is 7.07. The van der Waals surface area contributed by atoms with Gasteiger partial charge in [0.05, 0.1) is 6.07 Å². The molecular formula is C18H18N2O. The van der Waals surface area contributed by atoms with Gasteiger partial charge in [-0.3, -0.25) is 4.79 Å². The van der Waals surface area contributed by atoms with Crippen LogP contribution in [-0.4, -0.2) is 5.91 Å². The van der Waals surface area contributed by atoms with Crippen LogP contribution in [0.4, 0.5) is 5.69 Å². The van der Waals surface area contributed by atoms with Crippen LogP contribution >= 0.6 is 0 Å². The first-order chi connectivity index (χ1) is 10.2. The molecule has 0 bridgehead atoms. The standard InChI is InChI=1S/C18H18N2O/c1-2-15(13-19)18(21)20-17-11-7-6-10-16(17)12-14-8-4-3-5-9-14/h3-11,15H,2,12H2,1H3,(H,20,21). The number of carbonyl (C=O) groups excluding carboxylic acids is 1. The van der Waals surface area contributed by atoms with Gasteiger partial charge in [0.2, 0.25) is 5.91 Å². The van der Waals surface area contributed by atoms with Gasteiger partial charge in [-0.05, 0) is 30.0 Å². The smallest absolute Gasteiger partial charge is 0.241 e. The first-order valence-corrected chi connectivity index (χ1v) is 7.07. The second-order valence-corrected chi connectivity index (χ2v) is 4.90. The maximum atomic E-state index is 12.0. The number of benzene rings is 2. The summed E-state index contributed by atoms with van der Waals surface area (Å²) in [4.78, 5) is 12.0. The number of nitrogens with one attached hydrogen (secondary N) is 1. The average molecular weight is 278 g/mol. The molecule has 0 aliphatic carbocycles. The molecule has 2 aromatic carbocycles. The van der Waals surface area contributed by atoms with E-state index in [1.54, 1.807) is 0 Å². The summed E-state index contributed by atoms with van der Waals surface area (Å²) in [5, 5.41) is 11.8. The van der Waals surface area contributed by atoms with Crippen molar-refractivity contribution in [1.29, 1.82) is 5.26 Å². The normalized spacial score (nSPS) is 11.4. The van der Waals surface area contributed by atoms with Crippen molar-refractivity contribution in [3.8, 4) is 6.07 Å². The Hall–Kier alpha value is -2.60. The average Bonchev–Trinajstić information content (AvgIpc) is 2.51. The molecule has 106 valence electrons. The van der Waals surface area contributed by atoms with Crippen molar-refractivity contribution in [2.24, 2.45) is 5.92 Å². The van der Waals surface area contributed by atoms with Crippen LogP contribution in [0.15, 0.2) is 54.6 Å². The number of para-hydroxylation sites is 1. The summed E-state index contributed by atoms with van der Waals surface area (Å²) in [5.74, 6) is -0.838. The van der Waals surface area contributed by atoms with Crippen molar-refractivity contribution in [3.63, 3.8) is 0 Å². The fraction of sp³-hybridized carbons (Fsp3) is 0.222. The van der Waals surface area contributed by atoms with E-state index >= 15 is 0 Å². The molecule has 1 atom stereocenters. The topological polar surface area (TPSA) is 52.9 Å². The molecule has 0 saturated carbocycles. The zero-order valence-corrected chi connectivity index (χ0v) is 12.0. The number of hydrogen-bond acceptors (Lipinski definition) is 2. The van der Waals surface area contributed by atoms with Gasteiger partial charge in [0.1, 0.15) is 5.92 Å². The summed E-state index contributed by atoms with van der Waals surface area (Å²) in [7, 11) is 0. The predicted octanol–water partition coefficient (Wildman–Crippen LogP) is 3.77. The first kappa shape index (κ1) is 14.8. The lowest BCUT2D eigenvalue weighted by atomic mass is 10.0. The maximum absolute atomic E-state index is 12.0. The Kier molecular flexibility index (Phi) is 5.11. The van der Waals surface area contributed by atoms with Crippen LogP contribution < -0.4 is 5.32 Å². The molecule has 0 radical (unpaired) electrons. The molecule has 2 rings (SSSR count). The second kappa shape index (κ2) is 7.25. The number of nitriles is 1. The van der Waals surface area contributed by atoms with Crippen molar-refractivity contribution in [1.82, 2.24) is 0 Å². The van der Waals surface area contributed by atoms with E-state index in [0.717, 1.165) is 17.7 Å². The molecule has 0 spiro atoms. The largest absolute Gasteiger partial charge is 0.325 e. The number of hydrogen-bond donors (Lipinski definition) is 1. The molecule has 0 aliphatic rings. The van der Waals surface area contributed by atoms with E-state index in [1.165, 1.54) is 5.56 Å². The monoisotopic (exact) mass is 278 g/mol. The van der Waals surface area contributed by atoms with Crippen molar-refractivity contribution in [2.75, 3.05) is 5.32 Å². The summed E-state index contributed by atoms with van der Waals surface area (Å²) in [6, 6.07) is 19.8. The van der Waals surface area contributed by atoms with Gasteiger partial charge in [-0.25, -0.2) is 0 Å². The third-order valence-corrected chi connectivity index (χ3v) is 3.39. The highest BCUT2D eigenvalue weighted by Crippen LogP contribution is 2.20. The van der Waals surface area contributed by atoms with Gasteiger partial charge in [-0.2, -0.15) is 5.26 Å². The molecule has 0 aliphatic heterocycles. The molecule has 21 heavy (non-hydrogen) atoms. The Balaban J connectivity index is 2.18. The second-order valence-electron chi connectivity index (χ2n) is 4.90. The molecule has 0 heterocycles. The molecule has 1 N–H and O–H groups in total. The van der Waals surface area contributed by atoms with Gasteiger partial charge in [0.25, 0.3) is 0 Å². The van der Waals surface area contributed by atoms with Crippen molar-refractivity contribution in [3.05, 3.63) is 65.7 Å². The van der Waals surface area contributed by atoms with E-state index in [-0.39, 0.29) is 5.91 Å². The lowest BCUT2D eigenvalue weighted by molar-refractivity contribution is -0.118. The quantitative estimate of drug-likeness (QED) is 0.905. The predicted molar refractivity (Wildman–Crippen MR) is 83.7 cm³/mol. The molecule has 2 aromatic rings. The molecule has 0 aromatic heterocycles. The minimum atomic E-state index is -0.602. The maximum Gasteiger partial charge on any atom is 0.241 e. The minimum absolute atomic E-state index is 0.236. The van der Waals surface area contributed by atoms with E-state index in [9.17, 15) is 4.79 Å². The third-order valence-electron chi connectivity index (χ3n) is 3.39. The Morgan fingerprint density at radius 1 is 1.14 bits per heavy atom. The molecule has 3 nitrogen and oxygen atoms in total. The fourth-order valence-electron chi connectivity index (χ4n) is 2.17. The number of amides is 1. The van der Waals surface area contributed by atoms with E-state index in [0.29, 0.717) is 6.42 Å². The number of rotatable bonds is 5. The Labute approximate surface area is 125 Å². The molecule has 0 saturated heterocycles. The zero-order valence-electron chi connectivity index (χ0n) is 12.0. The number of nitrogens with zero attached hydrogens (tertiary/aromatic N) is 1. The zero-order chi connectivity index (χ0) is 15.1. The van der Waals surface area contributed by atoms with Gasteiger partial charge in [0, 0.05) is 5.69 Å². The fourth-order valence-corrected chi connectivity index (χ4v) is 2.17. The van der Waals surface area contributed by atoms with Gasteiger partial charge >= 0.3 is 0 Å². The van der Waals surface area contributed by atoms with E-state index in [4.69, 9.17) is 5.26 Å². The van der Waals surface area contributed by atoms with Crippen molar-refractivity contribution < 1.29 is 4.79 Å². The van der Waals surface area contributed by atoms with Crippen LogP contribution in [0.1, 0.15) is 24.5 Å². The van der Waals surface area contributed by atoms with Gasteiger partial charge in [0.15, 0.2) is 0 Å². The molecule has 3 heteroatoms. The van der Waals surface area contributed by atoms with Crippen LogP contribution in [0.5, 0.6) is 0 Å². The van der Waals surface area contributed by atoms with Crippen molar-refractivity contribution >= 4 is 11.6 Å². The Morgan fingerprint density at radius 3 is 2.48 bits per heavy atom. The number of anilines is 1. The lowest BCUT2D eigenvalue weighted by Gasteiger charge is -2.13. The van der Waals surface area contributed by atoms with Crippen LogP contribution in [0.3, 0.4) is 0 Å². The highest BCUT2D eigenvalue weighted by atomic mass is 16.1. The molecular weight excluding hydrogens is 260 g/mol. The van der Waals surface area contributed by atoms with Crippen molar-refractivity contribution in [2.45, 2.75) is 19.8 Å². The van der Waals surface area contributed by atoms with Crippen LogP contribution in [0, 0.1) is 17.2 Å². The summed E-state index contributed by atoms with van der Waals surface area (Å²) in [6.07, 6.45) is 1.27. The van der Waals surface area contributed by atoms with E-state index in [1.807, 2.05) is 55.5 Å². The molecule has 0 fully saturated rings. The van der Waals surface area contributed by atoms with Crippen LogP contribution in [0.2, 0.25) is 0 Å². The highest BCUT2D eigenvalue weighted by Gasteiger charge is 2.16. The Morgan fingerprint density at radius 2 is 1.81 bits per heavy atom. The van der Waals surface area contributed by atoms with Gasteiger partial charge < -0.3 is 5.32 Å². The summed E-state index contributed by atoms with van der Waals surface area (Å²) in [5.41, 5.74) is 3.01. The SMILES string of the molecule is CCC(C#N)C(=O)Nc1ccccc1Cc1ccccc1. The van der Waals surface area contributed by atoms with Gasteiger partial charge in [-0.1, -0.05) is 55.5 Å². The lowest BCUT2D eigenvalue weighted by Crippen LogP contribution is -2.21. The molecule has 1 unspecified atom stereocenters. The van der Waals surface area contributed by atoms with E-state index in [2.05, 4.69) is 17.4 Å². The third kappa shape index (κ3) is 3.93.